The number of carboxylic acid groups (broad SMARTS) is 1. The largest absolute Gasteiger partial charge is 0.480 e. The van der Waals surface area contributed by atoms with Crippen LogP contribution >= 0.6 is 27.7 Å². The van der Waals surface area contributed by atoms with Crippen molar-refractivity contribution in [2.45, 2.75) is 15.8 Å². The zero-order chi connectivity index (χ0) is 14.1. The van der Waals surface area contributed by atoms with Crippen LogP contribution in [0.25, 0.3) is 0 Å². The Morgan fingerprint density at radius 1 is 1.50 bits per heavy atom. The number of thioether (sulfide) groups is 1. The molecule has 1 unspecified atom stereocenters. The fraction of sp³-hybridized carbons (Fsp3) is 0.300. The van der Waals surface area contributed by atoms with Gasteiger partial charge in [-0.15, -0.1) is 11.8 Å². The van der Waals surface area contributed by atoms with Crippen LogP contribution < -0.4 is 5.73 Å². The van der Waals surface area contributed by atoms with E-state index in [0.717, 1.165) is 6.26 Å². The highest BCUT2D eigenvalue weighted by Gasteiger charge is 2.22. The number of aliphatic carboxylic acids is 1. The van der Waals surface area contributed by atoms with Gasteiger partial charge in [0.25, 0.3) is 0 Å². The Labute approximate surface area is 118 Å². The number of carboxylic acids is 1. The van der Waals surface area contributed by atoms with Gasteiger partial charge in [-0.3, -0.25) is 4.79 Å². The van der Waals surface area contributed by atoms with Gasteiger partial charge in [-0.05, 0) is 39.9 Å². The monoisotopic (exact) mass is 353 g/mol. The van der Waals surface area contributed by atoms with Crippen molar-refractivity contribution < 1.29 is 18.3 Å². The molecule has 0 saturated carbocycles. The van der Waals surface area contributed by atoms with Crippen LogP contribution in [0.1, 0.15) is 11.6 Å². The van der Waals surface area contributed by atoms with Gasteiger partial charge in [-0.25, -0.2) is 8.42 Å². The van der Waals surface area contributed by atoms with E-state index in [9.17, 15) is 13.2 Å². The van der Waals surface area contributed by atoms with Crippen LogP contribution in [0.15, 0.2) is 26.4 Å². The van der Waals surface area contributed by atoms with E-state index < -0.39 is 21.8 Å². The first-order valence-electron chi connectivity index (χ1n) is 4.74. The van der Waals surface area contributed by atoms with Gasteiger partial charge in [0.05, 0.1) is 4.90 Å². The van der Waals surface area contributed by atoms with Gasteiger partial charge in [-0.1, -0.05) is 0 Å². The highest BCUT2D eigenvalue weighted by Crippen LogP contribution is 2.35. The summed E-state index contributed by atoms with van der Waals surface area (Å²) in [5.41, 5.74) is 5.73. The van der Waals surface area contributed by atoms with Crippen molar-refractivity contribution in [3.05, 3.63) is 22.2 Å². The number of halogens is 1. The normalized spacial score (nSPS) is 13.3. The summed E-state index contributed by atoms with van der Waals surface area (Å²) in [7, 11) is -3.45. The molecule has 1 aromatic rings. The molecule has 8 heteroatoms. The molecule has 3 N–H and O–H groups in total. The van der Waals surface area contributed by atoms with Crippen molar-refractivity contribution in [3.63, 3.8) is 0 Å². The van der Waals surface area contributed by atoms with Crippen molar-refractivity contribution >= 4 is 43.5 Å². The van der Waals surface area contributed by atoms with Crippen LogP contribution in [-0.2, 0) is 14.6 Å². The number of nitrogens with two attached hydrogens (primary N) is 1. The lowest BCUT2D eigenvalue weighted by Gasteiger charge is -2.13. The van der Waals surface area contributed by atoms with Crippen molar-refractivity contribution in [2.75, 3.05) is 12.5 Å². The molecule has 0 heterocycles. The van der Waals surface area contributed by atoms with E-state index in [4.69, 9.17) is 10.8 Å². The lowest BCUT2D eigenvalue weighted by atomic mass is 10.1. The van der Waals surface area contributed by atoms with Crippen molar-refractivity contribution in [3.8, 4) is 0 Å². The van der Waals surface area contributed by atoms with Crippen LogP contribution in [0.2, 0.25) is 0 Å². The number of benzene rings is 1. The molecule has 0 spiro atoms. The van der Waals surface area contributed by atoms with E-state index in [-0.39, 0.29) is 10.5 Å². The van der Waals surface area contributed by atoms with Crippen LogP contribution in [-0.4, -0.2) is 32.0 Å². The quantitative estimate of drug-likeness (QED) is 0.798. The molecule has 1 aromatic carbocycles. The number of hydrogen-bond acceptors (Lipinski definition) is 5. The van der Waals surface area contributed by atoms with Gasteiger partial charge in [0.15, 0.2) is 9.84 Å². The predicted molar refractivity (Wildman–Crippen MR) is 73.6 cm³/mol. The topological polar surface area (TPSA) is 97.5 Å². The molecule has 0 radical (unpaired) electrons. The SMILES string of the molecule is CSc1c(Br)cc(C(N)C(=O)O)cc1S(C)(=O)=O. The summed E-state index contributed by atoms with van der Waals surface area (Å²) in [6.07, 6.45) is 2.82. The molecule has 0 aliphatic heterocycles. The number of hydrogen-bond donors (Lipinski definition) is 2. The second kappa shape index (κ2) is 5.60. The lowest BCUT2D eigenvalue weighted by molar-refractivity contribution is -0.138. The molecule has 0 saturated heterocycles. The van der Waals surface area contributed by atoms with Gasteiger partial charge in [0, 0.05) is 15.6 Å². The first-order valence-corrected chi connectivity index (χ1v) is 8.65. The molecular formula is C10H12BrNO4S2. The third-order valence-electron chi connectivity index (χ3n) is 2.26. The van der Waals surface area contributed by atoms with E-state index in [0.29, 0.717) is 9.37 Å². The maximum Gasteiger partial charge on any atom is 0.325 e. The van der Waals surface area contributed by atoms with Gasteiger partial charge in [-0.2, -0.15) is 0 Å². The third-order valence-corrected chi connectivity index (χ3v) is 5.25. The molecule has 18 heavy (non-hydrogen) atoms. The van der Waals surface area contributed by atoms with Crippen LogP contribution in [0, 0.1) is 0 Å². The Morgan fingerprint density at radius 3 is 2.44 bits per heavy atom. The summed E-state index contributed by atoms with van der Waals surface area (Å²) >= 11 is 4.50. The zero-order valence-corrected chi connectivity index (χ0v) is 12.9. The maximum atomic E-state index is 11.7. The lowest BCUT2D eigenvalue weighted by Crippen LogP contribution is -2.21. The first kappa shape index (κ1) is 15.5. The molecule has 1 rings (SSSR count). The summed E-state index contributed by atoms with van der Waals surface area (Å²) in [5.74, 6) is -1.21. The van der Waals surface area contributed by atoms with Gasteiger partial charge >= 0.3 is 5.97 Å². The second-order valence-corrected chi connectivity index (χ2v) is 7.28. The van der Waals surface area contributed by atoms with Crippen LogP contribution in [0.3, 0.4) is 0 Å². The fourth-order valence-corrected chi connectivity index (χ4v) is 4.49. The van der Waals surface area contributed by atoms with E-state index in [2.05, 4.69) is 15.9 Å². The summed E-state index contributed by atoms with van der Waals surface area (Å²) in [5, 5.41) is 8.85. The fourth-order valence-electron chi connectivity index (χ4n) is 1.38. The third kappa shape index (κ3) is 3.25. The number of sulfone groups is 1. The molecule has 0 amide bonds. The first-order chi connectivity index (χ1) is 8.18. The Morgan fingerprint density at radius 2 is 2.06 bits per heavy atom. The van der Waals surface area contributed by atoms with Crippen molar-refractivity contribution in [2.24, 2.45) is 5.73 Å². The van der Waals surface area contributed by atoms with Gasteiger partial charge < -0.3 is 10.8 Å². The minimum atomic E-state index is -3.45. The minimum Gasteiger partial charge on any atom is -0.480 e. The van der Waals surface area contributed by atoms with Crippen LogP contribution in [0.5, 0.6) is 0 Å². The Balaban J connectivity index is 3.55. The number of rotatable bonds is 4. The summed E-state index contributed by atoms with van der Waals surface area (Å²) in [6.45, 7) is 0. The number of carbonyl (C=O) groups is 1. The summed E-state index contributed by atoms with van der Waals surface area (Å²) < 4.78 is 23.9. The smallest absolute Gasteiger partial charge is 0.325 e. The Hall–Kier alpha value is -0.570. The average molecular weight is 354 g/mol. The standard InChI is InChI=1S/C10H12BrNO4S2/c1-17-9-6(11)3-5(8(12)10(13)14)4-7(9)18(2,15)16/h3-4,8H,12H2,1-2H3,(H,13,14). The van der Waals surface area contributed by atoms with Gasteiger partial charge in [0.1, 0.15) is 6.04 Å². The maximum absolute atomic E-state index is 11.7. The molecule has 5 nitrogen and oxygen atoms in total. The minimum absolute atomic E-state index is 0.0797. The molecule has 0 aliphatic rings. The van der Waals surface area contributed by atoms with Crippen molar-refractivity contribution in [1.82, 2.24) is 0 Å². The molecule has 0 fully saturated rings. The molecular weight excluding hydrogens is 342 g/mol. The van der Waals surface area contributed by atoms with Crippen molar-refractivity contribution in [1.29, 1.82) is 0 Å². The second-order valence-electron chi connectivity index (χ2n) is 3.62. The predicted octanol–water partition coefficient (Wildman–Crippen LogP) is 1.66. The molecule has 0 bridgehead atoms. The summed E-state index contributed by atoms with van der Waals surface area (Å²) in [4.78, 5) is 11.5. The zero-order valence-electron chi connectivity index (χ0n) is 9.68. The van der Waals surface area contributed by atoms with E-state index in [1.54, 1.807) is 6.26 Å². The van der Waals surface area contributed by atoms with E-state index in [1.165, 1.54) is 23.9 Å². The highest BCUT2D eigenvalue weighted by molar-refractivity contribution is 9.10. The molecule has 100 valence electrons. The Bertz CT molecular complexity index is 586. The van der Waals surface area contributed by atoms with Crippen LogP contribution in [0.4, 0.5) is 0 Å². The van der Waals surface area contributed by atoms with E-state index in [1.807, 2.05) is 0 Å². The van der Waals surface area contributed by atoms with E-state index >= 15 is 0 Å². The average Bonchev–Trinajstić information content (AvgIpc) is 2.25. The summed E-state index contributed by atoms with van der Waals surface area (Å²) in [6, 6.07) is 1.59. The Kier molecular flexibility index (Phi) is 4.82. The highest BCUT2D eigenvalue weighted by atomic mass is 79.9. The van der Waals surface area contributed by atoms with Gasteiger partial charge in [0.2, 0.25) is 0 Å². The molecule has 1 atom stereocenters. The molecule has 0 aliphatic carbocycles. The molecule has 0 aromatic heterocycles.